The van der Waals surface area contributed by atoms with Crippen molar-refractivity contribution < 1.29 is 4.79 Å². The molecule has 0 aliphatic carbocycles. The average Bonchev–Trinajstić information content (AvgIpc) is 2.33. The molecule has 3 N–H and O–H groups in total. The van der Waals surface area contributed by atoms with Gasteiger partial charge in [0.2, 0.25) is 0 Å². The molecule has 17 heavy (non-hydrogen) atoms. The first-order valence-corrected chi connectivity index (χ1v) is 6.33. The number of hydrogen-bond acceptors (Lipinski definition) is 5. The van der Waals surface area contributed by atoms with Crippen LogP contribution in [0.25, 0.3) is 0 Å². The molecule has 0 aromatic heterocycles. The van der Waals surface area contributed by atoms with Crippen molar-refractivity contribution in [3.63, 3.8) is 0 Å². The van der Waals surface area contributed by atoms with E-state index in [1.807, 2.05) is 30.0 Å². The number of nitrogens with one attached hydrogen (secondary N) is 1. The molecule has 1 aromatic rings. The lowest BCUT2D eigenvalue weighted by Gasteiger charge is -2.38. The van der Waals surface area contributed by atoms with Crippen molar-refractivity contribution in [3.8, 4) is 0 Å². The Morgan fingerprint density at radius 2 is 2.41 bits per heavy atom. The number of amides is 1. The van der Waals surface area contributed by atoms with Crippen LogP contribution >= 0.6 is 11.8 Å². The van der Waals surface area contributed by atoms with Crippen molar-refractivity contribution in [1.29, 1.82) is 0 Å². The summed E-state index contributed by atoms with van der Waals surface area (Å²) in [6, 6.07) is 5.52. The van der Waals surface area contributed by atoms with E-state index in [-0.39, 0.29) is 11.9 Å². The van der Waals surface area contributed by atoms with Crippen LogP contribution in [0, 0.1) is 0 Å². The number of nitrogen functional groups attached to an aromatic ring is 1. The minimum atomic E-state index is -0.246. The van der Waals surface area contributed by atoms with Gasteiger partial charge in [-0.05, 0) is 25.1 Å². The number of nitrogens with zero attached hydrogens (tertiary/aromatic N) is 2. The molecule has 0 fully saturated rings. The van der Waals surface area contributed by atoms with Crippen LogP contribution < -0.4 is 16.1 Å². The number of hydrazone groups is 1. The summed E-state index contributed by atoms with van der Waals surface area (Å²) in [6.07, 6.45) is 0. The van der Waals surface area contributed by atoms with Crippen LogP contribution in [0.5, 0.6) is 0 Å². The van der Waals surface area contributed by atoms with E-state index in [2.05, 4.69) is 10.5 Å². The van der Waals surface area contributed by atoms with Gasteiger partial charge in [-0.15, -0.1) is 11.8 Å². The summed E-state index contributed by atoms with van der Waals surface area (Å²) in [4.78, 5) is 14.7. The molecule has 0 spiro atoms. The van der Waals surface area contributed by atoms with Crippen LogP contribution in [0.15, 0.2) is 28.2 Å². The lowest BCUT2D eigenvalue weighted by molar-refractivity contribution is -0.122. The number of rotatable bonds is 0. The van der Waals surface area contributed by atoms with Gasteiger partial charge in [0.25, 0.3) is 5.91 Å². The van der Waals surface area contributed by atoms with Crippen LogP contribution in [0.4, 0.5) is 11.4 Å². The molecule has 3 rings (SSSR count). The zero-order valence-corrected chi connectivity index (χ0v) is 10.1. The molecule has 0 unspecified atom stereocenters. The number of thioether (sulfide) groups is 1. The van der Waals surface area contributed by atoms with Crippen molar-refractivity contribution in [2.75, 3.05) is 16.4 Å². The lowest BCUT2D eigenvalue weighted by atomic mass is 10.1. The Bertz CT molecular complexity index is 528. The quantitative estimate of drug-likeness (QED) is 0.672. The van der Waals surface area contributed by atoms with Gasteiger partial charge in [0.05, 0.1) is 11.4 Å². The highest BCUT2D eigenvalue weighted by Crippen LogP contribution is 2.38. The second-order valence-electron chi connectivity index (χ2n) is 4.07. The molecule has 6 heteroatoms. The third-order valence-electron chi connectivity index (χ3n) is 2.94. The van der Waals surface area contributed by atoms with E-state index < -0.39 is 0 Å². The Balaban J connectivity index is 2.14. The second-order valence-corrected chi connectivity index (χ2v) is 5.08. The average molecular weight is 248 g/mol. The maximum Gasteiger partial charge on any atom is 0.262 e. The molecule has 1 aromatic carbocycles. The molecule has 0 saturated heterocycles. The fourth-order valence-corrected chi connectivity index (χ4v) is 3.00. The van der Waals surface area contributed by atoms with E-state index in [0.717, 1.165) is 22.2 Å². The maximum absolute atomic E-state index is 11.6. The number of anilines is 2. The molecule has 0 bridgehead atoms. The summed E-state index contributed by atoms with van der Waals surface area (Å²) in [7, 11) is 0. The molecule has 2 heterocycles. The number of carbonyl (C=O) groups excluding carboxylic acids is 1. The van der Waals surface area contributed by atoms with Gasteiger partial charge in [0.15, 0.2) is 0 Å². The van der Waals surface area contributed by atoms with Gasteiger partial charge in [-0.2, -0.15) is 5.10 Å². The molecule has 2 aliphatic heterocycles. The summed E-state index contributed by atoms with van der Waals surface area (Å²) in [5, 5.41) is 4.09. The highest BCUT2D eigenvalue weighted by molar-refractivity contribution is 8.00. The largest absolute Gasteiger partial charge is 0.399 e. The van der Waals surface area contributed by atoms with Crippen molar-refractivity contribution in [2.45, 2.75) is 17.9 Å². The van der Waals surface area contributed by atoms with Crippen LogP contribution in [0.1, 0.15) is 6.92 Å². The zero-order chi connectivity index (χ0) is 12.0. The zero-order valence-electron chi connectivity index (χ0n) is 9.30. The smallest absolute Gasteiger partial charge is 0.262 e. The Kier molecular flexibility index (Phi) is 2.25. The van der Waals surface area contributed by atoms with E-state index in [1.165, 1.54) is 0 Å². The molecule has 2 aliphatic rings. The predicted octanol–water partition coefficient (Wildman–Crippen LogP) is 1.01. The minimum absolute atomic E-state index is 0.0889. The lowest BCUT2D eigenvalue weighted by Crippen LogP contribution is -2.54. The molecule has 0 saturated carbocycles. The third kappa shape index (κ3) is 1.56. The minimum Gasteiger partial charge on any atom is -0.399 e. The van der Waals surface area contributed by atoms with Gasteiger partial charge in [-0.25, -0.2) is 5.43 Å². The van der Waals surface area contributed by atoms with Crippen molar-refractivity contribution in [1.82, 2.24) is 5.43 Å². The molecule has 1 amide bonds. The van der Waals surface area contributed by atoms with E-state index in [9.17, 15) is 4.79 Å². The monoisotopic (exact) mass is 248 g/mol. The molecule has 88 valence electrons. The molecule has 1 atom stereocenters. The molecular formula is C11H12N4OS. The second kappa shape index (κ2) is 3.66. The predicted molar refractivity (Wildman–Crippen MR) is 69.1 cm³/mol. The highest BCUT2D eigenvalue weighted by atomic mass is 32.2. The van der Waals surface area contributed by atoms with E-state index in [4.69, 9.17) is 5.73 Å². The van der Waals surface area contributed by atoms with Gasteiger partial charge < -0.3 is 10.6 Å². The van der Waals surface area contributed by atoms with Gasteiger partial charge in [0, 0.05) is 10.6 Å². The van der Waals surface area contributed by atoms with Crippen LogP contribution in [0.2, 0.25) is 0 Å². The van der Waals surface area contributed by atoms with Crippen LogP contribution in [-0.2, 0) is 4.79 Å². The fourth-order valence-electron chi connectivity index (χ4n) is 2.04. The third-order valence-corrected chi connectivity index (χ3v) is 4.00. The SMILES string of the molecule is C[C@@H]1C(=O)NN=C2CSc3ccc(N)cc3N21. The van der Waals surface area contributed by atoms with Crippen LogP contribution in [0.3, 0.4) is 0 Å². The van der Waals surface area contributed by atoms with E-state index >= 15 is 0 Å². The first kappa shape index (κ1) is 10.5. The summed E-state index contributed by atoms with van der Waals surface area (Å²) in [6.45, 7) is 1.87. The fraction of sp³-hybridized carbons (Fsp3) is 0.273. The summed E-state index contributed by atoms with van der Waals surface area (Å²) < 4.78 is 0. The number of nitrogens with two attached hydrogens (primary N) is 1. The highest BCUT2D eigenvalue weighted by Gasteiger charge is 2.34. The van der Waals surface area contributed by atoms with Crippen molar-refractivity contribution in [2.24, 2.45) is 5.10 Å². The molecule has 5 nitrogen and oxygen atoms in total. The summed E-state index contributed by atoms with van der Waals surface area (Å²) in [5.41, 5.74) is 10.0. The number of fused-ring (bicyclic) bond motifs is 3. The van der Waals surface area contributed by atoms with Gasteiger partial charge in [-0.1, -0.05) is 0 Å². The topological polar surface area (TPSA) is 70.7 Å². The number of amidine groups is 1. The number of hydrogen-bond donors (Lipinski definition) is 2. The van der Waals surface area contributed by atoms with Crippen LogP contribution in [-0.4, -0.2) is 23.5 Å². The normalized spacial score (nSPS) is 22.4. The summed E-state index contributed by atoms with van der Waals surface area (Å²) >= 11 is 1.71. The molecular weight excluding hydrogens is 236 g/mol. The van der Waals surface area contributed by atoms with E-state index in [0.29, 0.717) is 5.69 Å². The van der Waals surface area contributed by atoms with Crippen molar-refractivity contribution in [3.05, 3.63) is 18.2 Å². The van der Waals surface area contributed by atoms with Gasteiger partial charge in [-0.3, -0.25) is 4.79 Å². The Labute approximate surface area is 103 Å². The first-order chi connectivity index (χ1) is 8.16. The molecule has 0 radical (unpaired) electrons. The Morgan fingerprint density at radius 1 is 1.59 bits per heavy atom. The Morgan fingerprint density at radius 3 is 3.24 bits per heavy atom. The number of carbonyl (C=O) groups is 1. The first-order valence-electron chi connectivity index (χ1n) is 5.35. The van der Waals surface area contributed by atoms with E-state index in [1.54, 1.807) is 11.8 Å². The Hall–Kier alpha value is -1.69. The van der Waals surface area contributed by atoms with Gasteiger partial charge >= 0.3 is 0 Å². The standard InChI is InChI=1S/C11H12N4OS/c1-6-11(16)14-13-10-5-17-9-3-2-7(12)4-8(9)15(6)10/h2-4,6H,5,12H2,1H3,(H,14,16)/t6-/m1/s1. The number of benzene rings is 1. The maximum atomic E-state index is 11.6. The summed E-state index contributed by atoms with van der Waals surface area (Å²) in [5.74, 6) is 1.55. The van der Waals surface area contributed by atoms with Crippen molar-refractivity contribution >= 4 is 34.9 Å². The van der Waals surface area contributed by atoms with Gasteiger partial charge in [0.1, 0.15) is 11.9 Å².